The number of methoxy groups -OCH3 is 1. The van der Waals surface area contributed by atoms with E-state index in [1.54, 1.807) is 7.11 Å². The van der Waals surface area contributed by atoms with Crippen molar-refractivity contribution in [2.45, 2.75) is 19.9 Å². The first-order valence-corrected chi connectivity index (χ1v) is 8.29. The second-order valence-corrected chi connectivity index (χ2v) is 6.08. The third-order valence-corrected chi connectivity index (χ3v) is 4.02. The van der Waals surface area contributed by atoms with E-state index in [0.717, 1.165) is 34.5 Å². The van der Waals surface area contributed by atoms with E-state index in [0.29, 0.717) is 17.3 Å². The van der Waals surface area contributed by atoms with Gasteiger partial charge in [0.1, 0.15) is 11.5 Å². The highest BCUT2D eigenvalue weighted by Crippen LogP contribution is 2.29. The van der Waals surface area contributed by atoms with Crippen molar-refractivity contribution in [3.63, 3.8) is 0 Å². The molecular weight excluding hydrogens is 366 g/mol. The minimum atomic E-state index is 0.594. The molecule has 3 nitrogen and oxygen atoms in total. The zero-order valence-electron chi connectivity index (χ0n) is 12.7. The molecule has 22 heavy (non-hydrogen) atoms. The van der Waals surface area contributed by atoms with E-state index < -0.39 is 0 Å². The van der Waals surface area contributed by atoms with Gasteiger partial charge in [-0.05, 0) is 58.2 Å². The maximum absolute atomic E-state index is 6.12. The number of anilines is 1. The molecule has 5 heteroatoms. The predicted octanol–water partition coefficient (Wildman–Crippen LogP) is 5.51. The number of benzene rings is 2. The minimum Gasteiger partial charge on any atom is -0.495 e. The maximum atomic E-state index is 6.12. The van der Waals surface area contributed by atoms with Gasteiger partial charge in [-0.1, -0.05) is 24.6 Å². The van der Waals surface area contributed by atoms with Crippen LogP contribution in [0.25, 0.3) is 0 Å². The van der Waals surface area contributed by atoms with E-state index >= 15 is 0 Å². The Labute approximate surface area is 144 Å². The molecule has 0 atom stereocenters. The molecule has 2 aromatic rings. The van der Waals surface area contributed by atoms with Crippen molar-refractivity contribution in [3.8, 4) is 11.5 Å². The van der Waals surface area contributed by atoms with Crippen LogP contribution in [0.5, 0.6) is 11.5 Å². The first-order valence-electron chi connectivity index (χ1n) is 7.12. The van der Waals surface area contributed by atoms with Crippen LogP contribution in [0.1, 0.15) is 18.9 Å². The van der Waals surface area contributed by atoms with E-state index in [2.05, 4.69) is 34.2 Å². The lowest BCUT2D eigenvalue weighted by atomic mass is 10.2. The summed E-state index contributed by atoms with van der Waals surface area (Å²) in [6.45, 7) is 3.52. The van der Waals surface area contributed by atoms with Crippen molar-refractivity contribution < 1.29 is 9.47 Å². The fourth-order valence-electron chi connectivity index (χ4n) is 1.96. The van der Waals surface area contributed by atoms with Crippen LogP contribution < -0.4 is 14.8 Å². The van der Waals surface area contributed by atoms with Gasteiger partial charge in [-0.2, -0.15) is 0 Å². The van der Waals surface area contributed by atoms with Gasteiger partial charge in [-0.15, -0.1) is 0 Å². The lowest BCUT2D eigenvalue weighted by Gasteiger charge is -2.11. The van der Waals surface area contributed by atoms with Gasteiger partial charge in [-0.25, -0.2) is 0 Å². The van der Waals surface area contributed by atoms with Crippen LogP contribution in [0.4, 0.5) is 5.69 Å². The molecule has 1 N–H and O–H groups in total. The van der Waals surface area contributed by atoms with E-state index in [1.165, 1.54) is 0 Å². The van der Waals surface area contributed by atoms with Crippen LogP contribution in [-0.4, -0.2) is 13.7 Å². The molecule has 0 bridgehead atoms. The first-order chi connectivity index (χ1) is 10.6. The zero-order valence-corrected chi connectivity index (χ0v) is 15.0. The third-order valence-electron chi connectivity index (χ3n) is 3.11. The Morgan fingerprint density at radius 2 is 1.91 bits per heavy atom. The SMILES string of the molecule is CCCOc1ccc(CNc2ccc(OC)c(Cl)c2)cc1Br. The van der Waals surface area contributed by atoms with Gasteiger partial charge in [-0.3, -0.25) is 0 Å². The fraction of sp³-hybridized carbons (Fsp3) is 0.294. The molecule has 0 saturated heterocycles. The summed E-state index contributed by atoms with van der Waals surface area (Å²) in [7, 11) is 1.61. The molecule has 2 aromatic carbocycles. The van der Waals surface area contributed by atoms with Gasteiger partial charge in [0.05, 0.1) is 23.2 Å². The molecule has 0 unspecified atom stereocenters. The molecule has 0 aliphatic rings. The highest BCUT2D eigenvalue weighted by molar-refractivity contribution is 9.10. The smallest absolute Gasteiger partial charge is 0.137 e. The molecule has 0 aromatic heterocycles. The summed E-state index contributed by atoms with van der Waals surface area (Å²) in [5.74, 6) is 1.55. The van der Waals surface area contributed by atoms with Gasteiger partial charge >= 0.3 is 0 Å². The predicted molar refractivity (Wildman–Crippen MR) is 95.3 cm³/mol. The van der Waals surface area contributed by atoms with E-state index in [-0.39, 0.29) is 0 Å². The number of hydrogen-bond acceptors (Lipinski definition) is 3. The topological polar surface area (TPSA) is 30.5 Å². The Kier molecular flexibility index (Phi) is 6.40. The second-order valence-electron chi connectivity index (χ2n) is 4.82. The third kappa shape index (κ3) is 4.55. The van der Waals surface area contributed by atoms with Gasteiger partial charge < -0.3 is 14.8 Å². The Morgan fingerprint density at radius 3 is 2.55 bits per heavy atom. The second kappa shape index (κ2) is 8.30. The summed E-state index contributed by atoms with van der Waals surface area (Å²) in [4.78, 5) is 0. The molecule has 0 amide bonds. The number of ether oxygens (including phenoxy) is 2. The molecule has 2 rings (SSSR count). The van der Waals surface area contributed by atoms with Gasteiger partial charge in [0.2, 0.25) is 0 Å². The fourth-order valence-corrected chi connectivity index (χ4v) is 2.76. The summed E-state index contributed by atoms with van der Waals surface area (Å²) in [6.07, 6.45) is 0.994. The molecule has 0 radical (unpaired) electrons. The van der Waals surface area contributed by atoms with Crippen molar-refractivity contribution in [1.82, 2.24) is 0 Å². The molecular formula is C17H19BrClNO2. The van der Waals surface area contributed by atoms with Gasteiger partial charge in [0, 0.05) is 12.2 Å². The molecule has 0 spiro atoms. The first kappa shape index (κ1) is 17.0. The van der Waals surface area contributed by atoms with Crippen molar-refractivity contribution in [2.24, 2.45) is 0 Å². The summed E-state index contributed by atoms with van der Waals surface area (Å²) < 4.78 is 11.8. The van der Waals surface area contributed by atoms with Crippen molar-refractivity contribution in [3.05, 3.63) is 51.5 Å². The van der Waals surface area contributed by atoms with Crippen LogP contribution in [-0.2, 0) is 6.54 Å². The zero-order chi connectivity index (χ0) is 15.9. The Bertz CT molecular complexity index is 634. The van der Waals surface area contributed by atoms with Gasteiger partial charge in [0.25, 0.3) is 0 Å². The van der Waals surface area contributed by atoms with E-state index in [9.17, 15) is 0 Å². The average Bonchev–Trinajstić information content (AvgIpc) is 2.52. The summed E-state index contributed by atoms with van der Waals surface area (Å²) in [6, 6.07) is 11.7. The van der Waals surface area contributed by atoms with Crippen molar-refractivity contribution in [2.75, 3.05) is 19.0 Å². The Hall–Kier alpha value is -1.39. The number of nitrogens with one attached hydrogen (secondary N) is 1. The molecule has 0 heterocycles. The molecule has 0 saturated carbocycles. The van der Waals surface area contributed by atoms with Gasteiger partial charge in [0.15, 0.2) is 0 Å². The summed E-state index contributed by atoms with van der Waals surface area (Å²) in [5.41, 5.74) is 2.11. The van der Waals surface area contributed by atoms with E-state index in [1.807, 2.05) is 30.3 Å². The molecule has 0 aliphatic carbocycles. The molecule has 0 fully saturated rings. The van der Waals surface area contributed by atoms with Crippen molar-refractivity contribution >= 4 is 33.2 Å². The highest BCUT2D eigenvalue weighted by atomic mass is 79.9. The van der Waals surface area contributed by atoms with Crippen LogP contribution in [0, 0.1) is 0 Å². The quantitative estimate of drug-likeness (QED) is 0.682. The highest BCUT2D eigenvalue weighted by Gasteiger charge is 2.04. The Morgan fingerprint density at radius 1 is 1.14 bits per heavy atom. The largest absolute Gasteiger partial charge is 0.495 e. The number of rotatable bonds is 7. The maximum Gasteiger partial charge on any atom is 0.137 e. The van der Waals surface area contributed by atoms with Crippen molar-refractivity contribution in [1.29, 1.82) is 0 Å². The lowest BCUT2D eigenvalue weighted by Crippen LogP contribution is -2.01. The summed E-state index contributed by atoms with van der Waals surface area (Å²) in [5, 5.41) is 3.94. The number of hydrogen-bond donors (Lipinski definition) is 1. The summed E-state index contributed by atoms with van der Waals surface area (Å²) >= 11 is 9.66. The normalized spacial score (nSPS) is 10.4. The lowest BCUT2D eigenvalue weighted by molar-refractivity contribution is 0.315. The molecule has 0 aliphatic heterocycles. The monoisotopic (exact) mass is 383 g/mol. The minimum absolute atomic E-state index is 0.594. The van der Waals surface area contributed by atoms with Crippen LogP contribution in [0.3, 0.4) is 0 Å². The standard InChI is InChI=1S/C17H19BrClNO2/c1-3-8-22-16-6-4-12(9-14(16)18)11-20-13-5-7-17(21-2)15(19)10-13/h4-7,9-10,20H,3,8,11H2,1-2H3. The van der Waals surface area contributed by atoms with E-state index in [4.69, 9.17) is 21.1 Å². The van der Waals surface area contributed by atoms with Crippen LogP contribution in [0.2, 0.25) is 5.02 Å². The molecule has 118 valence electrons. The Balaban J connectivity index is 1.99. The van der Waals surface area contributed by atoms with Crippen LogP contribution >= 0.6 is 27.5 Å². The number of halogens is 2. The van der Waals surface area contributed by atoms with Crippen LogP contribution in [0.15, 0.2) is 40.9 Å². The average molecular weight is 385 g/mol.